The molecule has 0 spiro atoms. The lowest BCUT2D eigenvalue weighted by Crippen LogP contribution is -2.32. The SMILES string of the molecule is O=c1oc2c3c(ccc2c2c1CCCC2)OCN(c1ccc(Oc2ccccc2)cc1)C3. The van der Waals surface area contributed by atoms with Crippen LogP contribution in [0.4, 0.5) is 5.69 Å². The molecule has 0 atom stereocenters. The highest BCUT2D eigenvalue weighted by molar-refractivity contribution is 5.86. The first kappa shape index (κ1) is 19.0. The molecule has 32 heavy (non-hydrogen) atoms. The number of hydrogen-bond donors (Lipinski definition) is 0. The molecule has 0 radical (unpaired) electrons. The van der Waals surface area contributed by atoms with Crippen molar-refractivity contribution in [2.45, 2.75) is 32.2 Å². The molecule has 1 aromatic heterocycles. The van der Waals surface area contributed by atoms with E-state index in [4.69, 9.17) is 13.9 Å². The van der Waals surface area contributed by atoms with Crippen molar-refractivity contribution in [2.24, 2.45) is 0 Å². The first-order valence-electron chi connectivity index (χ1n) is 11.1. The summed E-state index contributed by atoms with van der Waals surface area (Å²) in [6.45, 7) is 1.06. The van der Waals surface area contributed by atoms with Crippen molar-refractivity contribution < 1.29 is 13.9 Å². The summed E-state index contributed by atoms with van der Waals surface area (Å²) in [5, 5.41) is 1.05. The summed E-state index contributed by atoms with van der Waals surface area (Å²) in [7, 11) is 0. The van der Waals surface area contributed by atoms with Gasteiger partial charge in [-0.3, -0.25) is 0 Å². The van der Waals surface area contributed by atoms with E-state index in [1.807, 2.05) is 66.7 Å². The molecule has 4 aromatic rings. The lowest BCUT2D eigenvalue weighted by atomic mass is 9.90. The largest absolute Gasteiger partial charge is 0.473 e. The molecule has 0 saturated heterocycles. The van der Waals surface area contributed by atoms with Gasteiger partial charge in [0.25, 0.3) is 0 Å². The van der Waals surface area contributed by atoms with Gasteiger partial charge in [-0.25, -0.2) is 4.79 Å². The average molecular weight is 425 g/mol. The molecule has 6 rings (SSSR count). The number of nitrogens with zero attached hydrogens (tertiary/aromatic N) is 1. The van der Waals surface area contributed by atoms with Gasteiger partial charge in [0.2, 0.25) is 0 Å². The predicted octanol–water partition coefficient (Wildman–Crippen LogP) is 5.82. The van der Waals surface area contributed by atoms with Gasteiger partial charge >= 0.3 is 5.63 Å². The quantitative estimate of drug-likeness (QED) is 0.387. The fourth-order valence-corrected chi connectivity index (χ4v) is 4.73. The molecule has 1 aliphatic carbocycles. The second kappa shape index (κ2) is 7.75. The van der Waals surface area contributed by atoms with Gasteiger partial charge < -0.3 is 18.8 Å². The van der Waals surface area contributed by atoms with Gasteiger partial charge in [-0.2, -0.15) is 0 Å². The van der Waals surface area contributed by atoms with Crippen LogP contribution in [0.1, 0.15) is 29.5 Å². The van der Waals surface area contributed by atoms with E-state index in [0.29, 0.717) is 18.9 Å². The number of aryl methyl sites for hydroxylation is 1. The molecule has 3 aromatic carbocycles. The standard InChI is InChI=1S/C27H23NO4/c29-27-23-9-5-4-8-21(23)22-14-15-25-24(26(22)32-27)16-28(17-30-25)18-10-12-20(13-11-18)31-19-6-2-1-3-7-19/h1-3,6-7,10-15H,4-5,8-9,16-17H2. The fourth-order valence-electron chi connectivity index (χ4n) is 4.73. The minimum atomic E-state index is -0.194. The third kappa shape index (κ3) is 3.30. The summed E-state index contributed by atoms with van der Waals surface area (Å²) in [4.78, 5) is 14.8. The van der Waals surface area contributed by atoms with E-state index >= 15 is 0 Å². The van der Waals surface area contributed by atoms with Crippen LogP contribution in [0.3, 0.4) is 0 Å². The number of benzene rings is 3. The Balaban J connectivity index is 1.31. The van der Waals surface area contributed by atoms with E-state index in [1.54, 1.807) is 0 Å². The lowest BCUT2D eigenvalue weighted by Gasteiger charge is -2.31. The van der Waals surface area contributed by atoms with Gasteiger partial charge in [-0.1, -0.05) is 18.2 Å². The van der Waals surface area contributed by atoms with Gasteiger partial charge in [-0.05, 0) is 79.8 Å². The van der Waals surface area contributed by atoms with Crippen molar-refractivity contribution in [3.05, 3.63) is 93.8 Å². The van der Waals surface area contributed by atoms with E-state index in [9.17, 15) is 4.79 Å². The summed E-state index contributed by atoms with van der Waals surface area (Å²) in [5.41, 5.74) is 4.44. The molecule has 1 aliphatic heterocycles. The van der Waals surface area contributed by atoms with Crippen molar-refractivity contribution in [3.8, 4) is 17.2 Å². The molecule has 0 amide bonds. The molecule has 0 unspecified atom stereocenters. The Morgan fingerprint density at radius 3 is 2.34 bits per heavy atom. The first-order chi connectivity index (χ1) is 15.8. The van der Waals surface area contributed by atoms with Gasteiger partial charge in [0.05, 0.1) is 12.1 Å². The van der Waals surface area contributed by atoms with Crippen LogP contribution in [0.25, 0.3) is 11.0 Å². The van der Waals surface area contributed by atoms with E-state index in [0.717, 1.165) is 70.7 Å². The number of fused-ring (bicyclic) bond motifs is 5. The molecule has 0 bridgehead atoms. The van der Waals surface area contributed by atoms with Crippen molar-refractivity contribution >= 4 is 16.7 Å². The second-order valence-corrected chi connectivity index (χ2v) is 8.35. The summed E-state index contributed by atoms with van der Waals surface area (Å²) in [5.74, 6) is 2.37. The van der Waals surface area contributed by atoms with Gasteiger partial charge in [0.15, 0.2) is 6.73 Å². The predicted molar refractivity (Wildman–Crippen MR) is 124 cm³/mol. The Hall–Kier alpha value is -3.73. The molecule has 2 aliphatic rings. The van der Waals surface area contributed by atoms with Crippen LogP contribution < -0.4 is 20.0 Å². The molecule has 5 nitrogen and oxygen atoms in total. The average Bonchev–Trinajstić information content (AvgIpc) is 2.85. The fraction of sp³-hybridized carbons (Fsp3) is 0.222. The van der Waals surface area contributed by atoms with Gasteiger partial charge in [0, 0.05) is 16.6 Å². The van der Waals surface area contributed by atoms with Crippen molar-refractivity contribution in [1.82, 2.24) is 0 Å². The monoisotopic (exact) mass is 425 g/mol. The zero-order valence-electron chi connectivity index (χ0n) is 17.7. The minimum absolute atomic E-state index is 0.194. The maximum Gasteiger partial charge on any atom is 0.339 e. The third-order valence-corrected chi connectivity index (χ3v) is 6.36. The summed E-state index contributed by atoms with van der Waals surface area (Å²) in [6, 6.07) is 21.7. The molecule has 160 valence electrons. The third-order valence-electron chi connectivity index (χ3n) is 6.36. The number of para-hydroxylation sites is 1. The first-order valence-corrected chi connectivity index (χ1v) is 11.1. The summed E-state index contributed by atoms with van der Waals surface area (Å²) >= 11 is 0. The van der Waals surface area contributed by atoms with E-state index < -0.39 is 0 Å². The normalized spacial score (nSPS) is 15.1. The van der Waals surface area contributed by atoms with E-state index in [-0.39, 0.29) is 5.63 Å². The van der Waals surface area contributed by atoms with Crippen molar-refractivity contribution in [2.75, 3.05) is 11.6 Å². The highest BCUT2D eigenvalue weighted by Crippen LogP contribution is 2.37. The summed E-state index contributed by atoms with van der Waals surface area (Å²) in [6.07, 6.45) is 3.91. The zero-order chi connectivity index (χ0) is 21.5. The Labute approximate surface area is 185 Å². The van der Waals surface area contributed by atoms with Crippen LogP contribution in [-0.4, -0.2) is 6.73 Å². The Kier molecular flexibility index (Phi) is 4.60. The molecule has 0 fully saturated rings. The minimum Gasteiger partial charge on any atom is -0.473 e. The highest BCUT2D eigenvalue weighted by Gasteiger charge is 2.25. The zero-order valence-corrected chi connectivity index (χ0v) is 17.7. The van der Waals surface area contributed by atoms with Crippen LogP contribution in [0.5, 0.6) is 17.2 Å². The molecule has 0 saturated carbocycles. The molecule has 0 N–H and O–H groups in total. The van der Waals surface area contributed by atoms with Crippen LogP contribution in [0, 0.1) is 0 Å². The topological polar surface area (TPSA) is 51.9 Å². The van der Waals surface area contributed by atoms with Crippen LogP contribution in [0.2, 0.25) is 0 Å². The maximum atomic E-state index is 12.7. The number of ether oxygens (including phenoxy) is 2. The van der Waals surface area contributed by atoms with Crippen LogP contribution in [0.15, 0.2) is 75.9 Å². The number of hydrogen-bond acceptors (Lipinski definition) is 5. The Morgan fingerprint density at radius 1 is 0.781 bits per heavy atom. The lowest BCUT2D eigenvalue weighted by molar-refractivity contribution is 0.289. The van der Waals surface area contributed by atoms with Crippen molar-refractivity contribution in [1.29, 1.82) is 0 Å². The molecule has 2 heterocycles. The van der Waals surface area contributed by atoms with E-state index in [1.165, 1.54) is 0 Å². The van der Waals surface area contributed by atoms with Crippen LogP contribution >= 0.6 is 0 Å². The molecular weight excluding hydrogens is 402 g/mol. The highest BCUT2D eigenvalue weighted by atomic mass is 16.5. The number of rotatable bonds is 3. The summed E-state index contributed by atoms with van der Waals surface area (Å²) < 4.78 is 17.8. The van der Waals surface area contributed by atoms with E-state index in [2.05, 4.69) is 4.90 Å². The molecular formula is C27H23NO4. The second-order valence-electron chi connectivity index (χ2n) is 8.35. The van der Waals surface area contributed by atoms with Crippen molar-refractivity contribution in [3.63, 3.8) is 0 Å². The van der Waals surface area contributed by atoms with Gasteiger partial charge in [-0.15, -0.1) is 0 Å². The Bertz CT molecular complexity index is 1340. The molecule has 5 heteroatoms. The van der Waals surface area contributed by atoms with Gasteiger partial charge in [0.1, 0.15) is 22.8 Å². The Morgan fingerprint density at radius 2 is 1.53 bits per heavy atom. The maximum absolute atomic E-state index is 12.7. The number of anilines is 1. The van der Waals surface area contributed by atoms with Crippen LogP contribution in [-0.2, 0) is 19.4 Å². The smallest absolute Gasteiger partial charge is 0.339 e.